The van der Waals surface area contributed by atoms with Gasteiger partial charge in [0.1, 0.15) is 5.41 Å². The van der Waals surface area contributed by atoms with Gasteiger partial charge in [-0.15, -0.1) is 0 Å². The summed E-state index contributed by atoms with van der Waals surface area (Å²) in [7, 11) is 1.72. The molecular weight excluding hydrogens is 238 g/mol. The van der Waals surface area contributed by atoms with E-state index in [2.05, 4.69) is 0 Å². The Labute approximate surface area is 107 Å². The Hall–Kier alpha value is -0.710. The summed E-state index contributed by atoms with van der Waals surface area (Å²) in [6.45, 7) is 1.97. The number of hydrogen-bond donors (Lipinski definition) is 1. The van der Waals surface area contributed by atoms with Gasteiger partial charge in [-0.05, 0) is 38.2 Å². The molecule has 0 radical (unpaired) electrons. The smallest absolute Gasteiger partial charge is 0.319 e. The number of rotatable bonds is 6. The molecule has 1 saturated carbocycles. The van der Waals surface area contributed by atoms with E-state index in [0.717, 1.165) is 18.6 Å². The van der Waals surface area contributed by atoms with Crippen molar-refractivity contribution in [2.45, 2.75) is 38.6 Å². The first kappa shape index (κ1) is 14.4. The third kappa shape index (κ3) is 2.76. The minimum absolute atomic E-state index is 0.103. The van der Waals surface area contributed by atoms with Gasteiger partial charge < -0.3 is 10.0 Å². The molecule has 0 bridgehead atoms. The van der Waals surface area contributed by atoms with Crippen molar-refractivity contribution in [1.82, 2.24) is 4.90 Å². The van der Waals surface area contributed by atoms with Crippen LogP contribution in [0.2, 0.25) is 0 Å². The first-order chi connectivity index (χ1) is 7.95. The van der Waals surface area contributed by atoms with Gasteiger partial charge in [0.2, 0.25) is 5.91 Å². The van der Waals surface area contributed by atoms with Crippen LogP contribution in [0.1, 0.15) is 32.6 Å². The van der Waals surface area contributed by atoms with Crippen LogP contribution in [-0.2, 0) is 9.59 Å². The number of hydrogen-bond acceptors (Lipinski definition) is 3. The molecule has 1 amide bonds. The molecule has 0 spiro atoms. The van der Waals surface area contributed by atoms with Crippen molar-refractivity contribution in [3.63, 3.8) is 0 Å². The summed E-state index contributed by atoms with van der Waals surface area (Å²) < 4.78 is 0. The summed E-state index contributed by atoms with van der Waals surface area (Å²) >= 11 is 1.74. The van der Waals surface area contributed by atoms with Gasteiger partial charge in [0, 0.05) is 13.1 Å². The molecule has 1 N–H and O–H groups in total. The quantitative estimate of drug-likeness (QED) is 0.739. The first-order valence-corrected chi connectivity index (χ1v) is 7.34. The zero-order valence-corrected chi connectivity index (χ0v) is 11.5. The van der Waals surface area contributed by atoms with Crippen molar-refractivity contribution in [3.8, 4) is 0 Å². The predicted molar refractivity (Wildman–Crippen MR) is 69.2 cm³/mol. The summed E-state index contributed by atoms with van der Waals surface area (Å²) in [5.41, 5.74) is -1.12. The molecule has 1 aliphatic rings. The van der Waals surface area contributed by atoms with Crippen LogP contribution in [0.4, 0.5) is 0 Å². The van der Waals surface area contributed by atoms with Crippen molar-refractivity contribution >= 4 is 23.6 Å². The lowest BCUT2D eigenvalue weighted by Gasteiger charge is -2.40. The molecule has 1 rings (SSSR count). The van der Waals surface area contributed by atoms with Gasteiger partial charge in [0.25, 0.3) is 0 Å². The summed E-state index contributed by atoms with van der Waals surface area (Å²) in [6, 6.07) is 0.103. The van der Waals surface area contributed by atoms with Crippen LogP contribution in [0.5, 0.6) is 0 Å². The van der Waals surface area contributed by atoms with Crippen LogP contribution in [0, 0.1) is 5.41 Å². The highest BCUT2D eigenvalue weighted by atomic mass is 32.2. The summed E-state index contributed by atoms with van der Waals surface area (Å²) in [5.74, 6) is -0.193. The lowest BCUT2D eigenvalue weighted by atomic mass is 9.67. The molecule has 1 atom stereocenters. The van der Waals surface area contributed by atoms with E-state index in [4.69, 9.17) is 0 Å². The van der Waals surface area contributed by atoms with Gasteiger partial charge in [0.05, 0.1) is 0 Å². The fourth-order valence-electron chi connectivity index (χ4n) is 2.07. The van der Waals surface area contributed by atoms with Crippen LogP contribution >= 0.6 is 11.8 Å². The Morgan fingerprint density at radius 3 is 2.41 bits per heavy atom. The number of amides is 1. The molecule has 0 heterocycles. The van der Waals surface area contributed by atoms with Crippen LogP contribution in [0.15, 0.2) is 0 Å². The second-order valence-electron chi connectivity index (χ2n) is 4.79. The number of nitrogens with zero attached hydrogens (tertiary/aromatic N) is 1. The number of aliphatic carboxylic acids is 1. The highest BCUT2D eigenvalue weighted by molar-refractivity contribution is 7.98. The number of carbonyl (C=O) groups is 2. The molecule has 1 fully saturated rings. The van der Waals surface area contributed by atoms with E-state index < -0.39 is 11.4 Å². The minimum atomic E-state index is -1.12. The van der Waals surface area contributed by atoms with Crippen molar-refractivity contribution in [2.24, 2.45) is 5.41 Å². The third-order valence-electron chi connectivity index (χ3n) is 3.75. The van der Waals surface area contributed by atoms with Crippen molar-refractivity contribution in [1.29, 1.82) is 0 Å². The topological polar surface area (TPSA) is 57.6 Å². The average molecular weight is 259 g/mol. The molecule has 5 heteroatoms. The summed E-state index contributed by atoms with van der Waals surface area (Å²) in [6.07, 6.45) is 4.74. The Morgan fingerprint density at radius 1 is 1.47 bits per heavy atom. The largest absolute Gasteiger partial charge is 0.480 e. The van der Waals surface area contributed by atoms with E-state index in [1.54, 1.807) is 23.7 Å². The van der Waals surface area contributed by atoms with Gasteiger partial charge in [-0.1, -0.05) is 6.42 Å². The normalized spacial score (nSPS) is 19.2. The number of carbonyl (C=O) groups excluding carboxylic acids is 1. The molecule has 0 aromatic heterocycles. The molecule has 98 valence electrons. The molecule has 17 heavy (non-hydrogen) atoms. The Morgan fingerprint density at radius 2 is 2.06 bits per heavy atom. The minimum Gasteiger partial charge on any atom is -0.480 e. The fraction of sp³-hybridized carbons (Fsp3) is 0.833. The maximum absolute atomic E-state index is 12.2. The van der Waals surface area contributed by atoms with Crippen molar-refractivity contribution in [3.05, 3.63) is 0 Å². The third-order valence-corrected chi connectivity index (χ3v) is 4.39. The van der Waals surface area contributed by atoms with Crippen molar-refractivity contribution in [2.75, 3.05) is 19.1 Å². The molecular formula is C12H21NO3S. The molecule has 0 aromatic rings. The molecule has 0 aromatic carbocycles. The van der Waals surface area contributed by atoms with E-state index in [0.29, 0.717) is 12.8 Å². The van der Waals surface area contributed by atoms with Gasteiger partial charge in [-0.25, -0.2) is 0 Å². The van der Waals surface area contributed by atoms with E-state index in [-0.39, 0.29) is 11.9 Å². The zero-order valence-electron chi connectivity index (χ0n) is 10.7. The average Bonchev–Trinajstić information content (AvgIpc) is 2.22. The molecule has 1 unspecified atom stereocenters. The van der Waals surface area contributed by atoms with E-state index in [1.165, 1.54) is 0 Å². The summed E-state index contributed by atoms with van der Waals surface area (Å²) in [4.78, 5) is 25.1. The fourth-order valence-corrected chi connectivity index (χ4v) is 2.65. The van der Waals surface area contributed by atoms with Gasteiger partial charge in [0.15, 0.2) is 0 Å². The Bertz CT molecular complexity index is 302. The van der Waals surface area contributed by atoms with Crippen LogP contribution < -0.4 is 0 Å². The van der Waals surface area contributed by atoms with E-state index >= 15 is 0 Å². The lowest BCUT2D eigenvalue weighted by Crippen LogP contribution is -2.53. The van der Waals surface area contributed by atoms with E-state index in [9.17, 15) is 14.7 Å². The van der Waals surface area contributed by atoms with Gasteiger partial charge in [-0.3, -0.25) is 9.59 Å². The predicted octanol–water partition coefficient (Wildman–Crippen LogP) is 1.84. The number of thioether (sulfide) groups is 1. The van der Waals surface area contributed by atoms with Gasteiger partial charge >= 0.3 is 5.97 Å². The Kier molecular flexibility index (Phi) is 4.86. The lowest BCUT2D eigenvalue weighted by molar-refractivity contribution is -0.167. The summed E-state index contributed by atoms with van der Waals surface area (Å²) in [5, 5.41) is 9.21. The second kappa shape index (κ2) is 5.76. The molecule has 0 saturated heterocycles. The van der Waals surface area contributed by atoms with Crippen LogP contribution in [0.25, 0.3) is 0 Å². The Balaban J connectivity index is 2.65. The molecule has 4 nitrogen and oxygen atoms in total. The van der Waals surface area contributed by atoms with Crippen LogP contribution in [-0.4, -0.2) is 47.0 Å². The zero-order chi connectivity index (χ0) is 13.1. The first-order valence-electron chi connectivity index (χ1n) is 5.95. The highest BCUT2D eigenvalue weighted by Gasteiger charge is 2.52. The van der Waals surface area contributed by atoms with Crippen molar-refractivity contribution < 1.29 is 14.7 Å². The second-order valence-corrected chi connectivity index (χ2v) is 5.77. The van der Waals surface area contributed by atoms with Gasteiger partial charge in [-0.2, -0.15) is 11.8 Å². The monoisotopic (exact) mass is 259 g/mol. The SMILES string of the molecule is CSCCC(C)N(C)C(=O)C1(C(=O)O)CCC1. The maximum Gasteiger partial charge on any atom is 0.319 e. The molecule has 0 aliphatic heterocycles. The van der Waals surface area contributed by atoms with Crippen LogP contribution in [0.3, 0.4) is 0 Å². The standard InChI is InChI=1S/C12H21NO3S/c1-9(5-8-17-3)13(2)10(14)12(11(15)16)6-4-7-12/h9H,4-8H2,1-3H3,(H,15,16). The maximum atomic E-state index is 12.2. The highest BCUT2D eigenvalue weighted by Crippen LogP contribution is 2.43. The molecule has 1 aliphatic carbocycles. The van der Waals surface area contributed by atoms with E-state index in [1.807, 2.05) is 13.2 Å². The number of carboxylic acid groups (broad SMARTS) is 1. The number of carboxylic acids is 1.